The van der Waals surface area contributed by atoms with E-state index in [-0.39, 0.29) is 28.0 Å². The number of carbonyl (C=O) groups excluding carboxylic acids is 1. The Hall–Kier alpha value is -3.07. The van der Waals surface area contributed by atoms with E-state index >= 15 is 0 Å². The number of rotatable bonds is 5. The molecule has 2 rings (SSSR count). The SMILES string of the molecule is CC(=O)Nc1ccc(S(=O)(=O)N/N=C(/C)c2cc(O)cc(O)c2)cc1. The maximum atomic E-state index is 12.2. The van der Waals surface area contributed by atoms with Gasteiger partial charge in [-0.15, -0.1) is 0 Å². The molecule has 0 heterocycles. The van der Waals surface area contributed by atoms with Crippen LogP contribution in [0.3, 0.4) is 0 Å². The normalized spacial score (nSPS) is 11.8. The summed E-state index contributed by atoms with van der Waals surface area (Å²) in [6.45, 7) is 2.87. The van der Waals surface area contributed by atoms with Crippen molar-refractivity contribution in [3.63, 3.8) is 0 Å². The standard InChI is InChI=1S/C16H17N3O5S/c1-10(12-7-14(21)9-15(22)8-12)18-19-25(23,24)16-5-3-13(4-6-16)17-11(2)20/h3-9,19,21-22H,1-2H3,(H,17,20)/b18-10-. The molecule has 0 radical (unpaired) electrons. The zero-order valence-electron chi connectivity index (χ0n) is 13.5. The molecule has 9 heteroatoms. The zero-order valence-corrected chi connectivity index (χ0v) is 14.3. The second kappa shape index (κ2) is 7.22. The van der Waals surface area contributed by atoms with Gasteiger partial charge in [0.2, 0.25) is 5.91 Å². The van der Waals surface area contributed by atoms with Gasteiger partial charge in [0.25, 0.3) is 10.0 Å². The summed E-state index contributed by atoms with van der Waals surface area (Å²) < 4.78 is 24.5. The Morgan fingerprint density at radius 1 is 1.00 bits per heavy atom. The van der Waals surface area contributed by atoms with Crippen molar-refractivity contribution in [3.05, 3.63) is 48.0 Å². The predicted octanol–water partition coefficient (Wildman–Crippen LogP) is 1.76. The van der Waals surface area contributed by atoms with Gasteiger partial charge in [-0.05, 0) is 43.3 Å². The summed E-state index contributed by atoms with van der Waals surface area (Å²) in [5.41, 5.74) is 1.09. The number of hydrogen-bond acceptors (Lipinski definition) is 6. The third kappa shape index (κ3) is 4.95. The molecular weight excluding hydrogens is 346 g/mol. The summed E-state index contributed by atoms with van der Waals surface area (Å²) in [6.07, 6.45) is 0. The van der Waals surface area contributed by atoms with Crippen molar-refractivity contribution in [1.82, 2.24) is 4.83 Å². The minimum atomic E-state index is -3.90. The van der Waals surface area contributed by atoms with Crippen LogP contribution in [0.15, 0.2) is 52.5 Å². The van der Waals surface area contributed by atoms with Gasteiger partial charge in [0.1, 0.15) is 11.5 Å². The Morgan fingerprint density at radius 3 is 2.08 bits per heavy atom. The van der Waals surface area contributed by atoms with Crippen molar-refractivity contribution >= 4 is 27.3 Å². The number of benzene rings is 2. The molecule has 4 N–H and O–H groups in total. The maximum Gasteiger partial charge on any atom is 0.276 e. The molecule has 0 spiro atoms. The number of hydrogen-bond donors (Lipinski definition) is 4. The van der Waals surface area contributed by atoms with Crippen LogP contribution in [-0.4, -0.2) is 30.2 Å². The van der Waals surface area contributed by atoms with Crippen molar-refractivity contribution in [3.8, 4) is 11.5 Å². The fraction of sp³-hybridized carbons (Fsp3) is 0.125. The van der Waals surface area contributed by atoms with Gasteiger partial charge in [-0.3, -0.25) is 4.79 Å². The number of anilines is 1. The van der Waals surface area contributed by atoms with Gasteiger partial charge in [0.05, 0.1) is 10.6 Å². The number of amides is 1. The molecule has 25 heavy (non-hydrogen) atoms. The molecule has 0 bridgehead atoms. The van der Waals surface area contributed by atoms with Gasteiger partial charge in [-0.25, -0.2) is 0 Å². The fourth-order valence-corrected chi connectivity index (χ4v) is 2.83. The first-order valence-corrected chi connectivity index (χ1v) is 8.63. The van der Waals surface area contributed by atoms with Crippen LogP contribution < -0.4 is 10.1 Å². The minimum absolute atomic E-state index is 0.0306. The fourth-order valence-electron chi connectivity index (χ4n) is 1.97. The number of aromatic hydroxyl groups is 2. The molecule has 0 aliphatic heterocycles. The second-order valence-electron chi connectivity index (χ2n) is 5.24. The topological polar surface area (TPSA) is 128 Å². The summed E-state index contributed by atoms with van der Waals surface area (Å²) >= 11 is 0. The van der Waals surface area contributed by atoms with Crippen molar-refractivity contribution in [2.24, 2.45) is 5.10 Å². The number of nitrogens with zero attached hydrogens (tertiary/aromatic N) is 1. The highest BCUT2D eigenvalue weighted by Gasteiger charge is 2.13. The quantitative estimate of drug-likeness (QED) is 0.475. The van der Waals surface area contributed by atoms with Crippen LogP contribution in [-0.2, 0) is 14.8 Å². The highest BCUT2D eigenvalue weighted by molar-refractivity contribution is 7.89. The number of carbonyl (C=O) groups is 1. The lowest BCUT2D eigenvalue weighted by molar-refractivity contribution is -0.114. The summed E-state index contributed by atoms with van der Waals surface area (Å²) in [6, 6.07) is 9.42. The summed E-state index contributed by atoms with van der Waals surface area (Å²) in [5, 5.41) is 25.2. The average Bonchev–Trinajstić information content (AvgIpc) is 2.51. The Bertz CT molecular complexity index is 901. The predicted molar refractivity (Wildman–Crippen MR) is 93.0 cm³/mol. The van der Waals surface area contributed by atoms with Crippen LogP contribution in [0, 0.1) is 0 Å². The number of phenolic OH excluding ortho intramolecular Hbond substituents is 2. The largest absolute Gasteiger partial charge is 0.508 e. The monoisotopic (exact) mass is 363 g/mol. The number of hydrazone groups is 1. The van der Waals surface area contributed by atoms with E-state index in [4.69, 9.17) is 0 Å². The average molecular weight is 363 g/mol. The van der Waals surface area contributed by atoms with E-state index in [2.05, 4.69) is 15.2 Å². The Morgan fingerprint density at radius 2 is 1.56 bits per heavy atom. The molecule has 0 atom stereocenters. The van der Waals surface area contributed by atoms with E-state index in [0.29, 0.717) is 11.3 Å². The molecule has 8 nitrogen and oxygen atoms in total. The van der Waals surface area contributed by atoms with Crippen molar-refractivity contribution in [2.75, 3.05) is 5.32 Å². The molecule has 0 aromatic heterocycles. The van der Waals surface area contributed by atoms with Crippen LogP contribution in [0.2, 0.25) is 0 Å². The Kier molecular flexibility index (Phi) is 5.28. The van der Waals surface area contributed by atoms with E-state index in [0.717, 1.165) is 6.07 Å². The molecule has 1 amide bonds. The lowest BCUT2D eigenvalue weighted by atomic mass is 10.1. The highest BCUT2D eigenvalue weighted by Crippen LogP contribution is 2.21. The smallest absolute Gasteiger partial charge is 0.276 e. The first-order valence-electron chi connectivity index (χ1n) is 7.14. The molecule has 132 valence electrons. The van der Waals surface area contributed by atoms with Gasteiger partial charge in [0.15, 0.2) is 0 Å². The minimum Gasteiger partial charge on any atom is -0.508 e. The molecule has 0 fully saturated rings. The van der Waals surface area contributed by atoms with Crippen LogP contribution in [0.1, 0.15) is 19.4 Å². The lowest BCUT2D eigenvalue weighted by Crippen LogP contribution is -2.20. The van der Waals surface area contributed by atoms with Crippen molar-refractivity contribution < 1.29 is 23.4 Å². The summed E-state index contributed by atoms with van der Waals surface area (Å²) in [7, 11) is -3.90. The van der Waals surface area contributed by atoms with Crippen molar-refractivity contribution in [1.29, 1.82) is 0 Å². The number of nitrogens with one attached hydrogen (secondary N) is 2. The first-order chi connectivity index (χ1) is 11.7. The lowest BCUT2D eigenvalue weighted by Gasteiger charge is -2.07. The van der Waals surface area contributed by atoms with Crippen LogP contribution in [0.4, 0.5) is 5.69 Å². The van der Waals surface area contributed by atoms with Gasteiger partial charge < -0.3 is 15.5 Å². The third-order valence-electron chi connectivity index (χ3n) is 3.14. The highest BCUT2D eigenvalue weighted by atomic mass is 32.2. The van der Waals surface area contributed by atoms with E-state index < -0.39 is 10.0 Å². The summed E-state index contributed by atoms with van der Waals surface area (Å²) in [4.78, 5) is 13.0. The van der Waals surface area contributed by atoms with Gasteiger partial charge in [-0.1, -0.05) is 0 Å². The van der Waals surface area contributed by atoms with E-state index in [1.807, 2.05) is 0 Å². The summed E-state index contributed by atoms with van der Waals surface area (Å²) in [5.74, 6) is -0.592. The molecule has 0 unspecified atom stereocenters. The molecule has 0 saturated heterocycles. The number of sulfonamides is 1. The first kappa shape index (κ1) is 18.3. The second-order valence-corrected chi connectivity index (χ2v) is 6.90. The van der Waals surface area contributed by atoms with Crippen molar-refractivity contribution in [2.45, 2.75) is 18.7 Å². The van der Waals surface area contributed by atoms with E-state index in [1.165, 1.54) is 50.2 Å². The number of phenols is 2. The molecule has 2 aromatic carbocycles. The van der Waals surface area contributed by atoms with E-state index in [9.17, 15) is 23.4 Å². The zero-order chi connectivity index (χ0) is 18.6. The van der Waals surface area contributed by atoms with Crippen LogP contribution in [0.25, 0.3) is 0 Å². The Labute approximate surface area is 144 Å². The van der Waals surface area contributed by atoms with E-state index in [1.54, 1.807) is 0 Å². The molecule has 0 aliphatic carbocycles. The molecule has 2 aromatic rings. The third-order valence-corrected chi connectivity index (χ3v) is 4.36. The van der Waals surface area contributed by atoms with Gasteiger partial charge >= 0.3 is 0 Å². The molecular formula is C16H17N3O5S. The van der Waals surface area contributed by atoms with Crippen LogP contribution in [0.5, 0.6) is 11.5 Å². The van der Waals surface area contributed by atoms with Gasteiger partial charge in [-0.2, -0.15) is 18.4 Å². The van der Waals surface area contributed by atoms with Crippen LogP contribution >= 0.6 is 0 Å². The maximum absolute atomic E-state index is 12.2. The molecule has 0 saturated carbocycles. The molecule has 0 aliphatic rings. The Balaban J connectivity index is 2.18. The van der Waals surface area contributed by atoms with Gasteiger partial charge in [0, 0.05) is 24.2 Å².